The first-order valence-corrected chi connectivity index (χ1v) is 10.5. The van der Waals surface area contributed by atoms with E-state index in [2.05, 4.69) is 5.32 Å². The molecule has 1 saturated heterocycles. The summed E-state index contributed by atoms with van der Waals surface area (Å²) in [4.78, 5) is 14.0. The average molecular weight is 384 g/mol. The molecule has 0 bridgehead atoms. The fourth-order valence-corrected chi connectivity index (χ4v) is 4.86. The maximum Gasteiger partial charge on any atom is 0.221 e. The summed E-state index contributed by atoms with van der Waals surface area (Å²) in [6, 6.07) is 5.72. The number of methoxy groups -OCH3 is 2. The quantitative estimate of drug-likeness (QED) is 0.680. The van der Waals surface area contributed by atoms with Gasteiger partial charge < -0.3 is 19.7 Å². The van der Waals surface area contributed by atoms with E-state index in [4.69, 9.17) is 9.47 Å². The Balaban J connectivity index is 1.70. The number of hydrogen-bond donors (Lipinski definition) is 1. The second kappa shape index (κ2) is 9.23. The van der Waals surface area contributed by atoms with Crippen LogP contribution in [-0.2, 0) is 21.1 Å². The Morgan fingerprint density at radius 1 is 1.27 bits per heavy atom. The zero-order valence-corrected chi connectivity index (χ0v) is 16.5. The van der Waals surface area contributed by atoms with Gasteiger partial charge in [0.05, 0.1) is 25.7 Å². The van der Waals surface area contributed by atoms with E-state index in [1.165, 1.54) is 0 Å². The smallest absolute Gasteiger partial charge is 0.221 e. The van der Waals surface area contributed by atoms with Gasteiger partial charge in [-0.25, -0.2) is 8.42 Å². The van der Waals surface area contributed by atoms with E-state index in [9.17, 15) is 13.2 Å². The maximum atomic E-state index is 12.0. The van der Waals surface area contributed by atoms with Gasteiger partial charge in [-0.05, 0) is 37.6 Å². The van der Waals surface area contributed by atoms with Crippen LogP contribution in [0.15, 0.2) is 18.2 Å². The lowest BCUT2D eigenvalue weighted by Crippen LogP contribution is -2.36. The minimum absolute atomic E-state index is 0.0274. The van der Waals surface area contributed by atoms with E-state index in [1.807, 2.05) is 30.1 Å². The molecule has 0 spiro atoms. The monoisotopic (exact) mass is 384 g/mol. The molecule has 0 aliphatic carbocycles. The molecule has 1 unspecified atom stereocenters. The van der Waals surface area contributed by atoms with Crippen molar-refractivity contribution in [1.29, 1.82) is 0 Å². The Hall–Kier alpha value is -1.80. The summed E-state index contributed by atoms with van der Waals surface area (Å²) in [7, 11) is 2.17. The van der Waals surface area contributed by atoms with Crippen molar-refractivity contribution >= 4 is 15.7 Å². The highest BCUT2D eigenvalue weighted by molar-refractivity contribution is 7.91. The van der Waals surface area contributed by atoms with Gasteiger partial charge >= 0.3 is 0 Å². The molecule has 1 aliphatic rings. The topological polar surface area (TPSA) is 84.9 Å². The summed E-state index contributed by atoms with van der Waals surface area (Å²) < 4.78 is 33.5. The van der Waals surface area contributed by atoms with Crippen LogP contribution >= 0.6 is 0 Å². The molecule has 2 rings (SSSR count). The van der Waals surface area contributed by atoms with Crippen molar-refractivity contribution in [3.05, 3.63) is 23.8 Å². The Kier molecular flexibility index (Phi) is 7.28. The fourth-order valence-electron chi connectivity index (χ4n) is 3.05. The first-order valence-electron chi connectivity index (χ1n) is 8.73. The van der Waals surface area contributed by atoms with Gasteiger partial charge in [-0.15, -0.1) is 0 Å². The van der Waals surface area contributed by atoms with Gasteiger partial charge in [0.2, 0.25) is 5.91 Å². The molecule has 1 aromatic rings. The van der Waals surface area contributed by atoms with E-state index in [0.29, 0.717) is 43.9 Å². The van der Waals surface area contributed by atoms with Crippen LogP contribution < -0.4 is 14.8 Å². The van der Waals surface area contributed by atoms with E-state index < -0.39 is 9.84 Å². The number of carbonyl (C=O) groups is 1. The normalized spacial score (nSPS) is 18.7. The fraction of sp³-hybridized carbons (Fsp3) is 0.611. The van der Waals surface area contributed by atoms with Crippen molar-refractivity contribution in [2.24, 2.45) is 0 Å². The number of rotatable bonds is 9. The predicted octanol–water partition coefficient (Wildman–Crippen LogP) is 0.872. The number of carbonyl (C=O) groups excluding carboxylic acids is 1. The van der Waals surface area contributed by atoms with Crippen LogP contribution in [0.4, 0.5) is 0 Å². The van der Waals surface area contributed by atoms with Gasteiger partial charge in [0, 0.05) is 25.6 Å². The molecule has 0 saturated carbocycles. The molecule has 8 heteroatoms. The molecule has 1 atom stereocenters. The molecule has 1 aromatic carbocycles. The maximum absolute atomic E-state index is 12.0. The molecule has 0 radical (unpaired) electrons. The lowest BCUT2D eigenvalue weighted by atomic mass is 10.1. The van der Waals surface area contributed by atoms with Gasteiger partial charge in [-0.1, -0.05) is 6.07 Å². The number of amides is 1. The number of hydrogen-bond acceptors (Lipinski definition) is 6. The predicted molar refractivity (Wildman–Crippen MR) is 101 cm³/mol. The highest BCUT2D eigenvalue weighted by atomic mass is 32.2. The highest BCUT2D eigenvalue weighted by Crippen LogP contribution is 2.27. The van der Waals surface area contributed by atoms with Crippen molar-refractivity contribution in [3.63, 3.8) is 0 Å². The van der Waals surface area contributed by atoms with E-state index in [-0.39, 0.29) is 23.5 Å². The SMILES string of the molecule is COc1ccc(CCNC(=O)CCN(C)C2CCS(=O)(=O)C2)cc1OC. The van der Waals surface area contributed by atoms with E-state index >= 15 is 0 Å². The van der Waals surface area contributed by atoms with Gasteiger partial charge in [-0.2, -0.15) is 0 Å². The second-order valence-corrected chi connectivity index (χ2v) is 8.81. The molecular formula is C18H28N2O5S. The second-order valence-electron chi connectivity index (χ2n) is 6.58. The highest BCUT2D eigenvalue weighted by Gasteiger charge is 2.30. The minimum Gasteiger partial charge on any atom is -0.493 e. The minimum atomic E-state index is -2.90. The summed E-state index contributed by atoms with van der Waals surface area (Å²) in [6.07, 6.45) is 1.71. The molecule has 1 fully saturated rings. The molecule has 0 aromatic heterocycles. The number of nitrogens with zero attached hydrogens (tertiary/aromatic N) is 1. The Morgan fingerprint density at radius 3 is 2.62 bits per heavy atom. The van der Waals surface area contributed by atoms with Crippen LogP contribution in [0.1, 0.15) is 18.4 Å². The summed E-state index contributed by atoms with van der Waals surface area (Å²) in [5, 5.41) is 2.90. The average Bonchev–Trinajstić information content (AvgIpc) is 2.99. The summed E-state index contributed by atoms with van der Waals surface area (Å²) in [5.41, 5.74) is 1.05. The van der Waals surface area contributed by atoms with Gasteiger partial charge in [0.25, 0.3) is 0 Å². The van der Waals surface area contributed by atoms with Crippen molar-refractivity contribution in [1.82, 2.24) is 10.2 Å². The molecule has 146 valence electrons. The zero-order valence-electron chi connectivity index (χ0n) is 15.7. The van der Waals surface area contributed by atoms with Crippen LogP contribution in [0.2, 0.25) is 0 Å². The van der Waals surface area contributed by atoms with Crippen LogP contribution in [0, 0.1) is 0 Å². The number of benzene rings is 1. The van der Waals surface area contributed by atoms with Crippen molar-refractivity contribution in [2.45, 2.75) is 25.3 Å². The molecule has 7 nitrogen and oxygen atoms in total. The zero-order chi connectivity index (χ0) is 19.2. The van der Waals surface area contributed by atoms with Crippen molar-refractivity contribution in [3.8, 4) is 11.5 Å². The van der Waals surface area contributed by atoms with Crippen LogP contribution in [-0.4, -0.2) is 71.1 Å². The molecule has 26 heavy (non-hydrogen) atoms. The van der Waals surface area contributed by atoms with Gasteiger partial charge in [0.15, 0.2) is 21.3 Å². The van der Waals surface area contributed by atoms with Crippen molar-refractivity contribution in [2.75, 3.05) is 45.9 Å². The molecule has 1 heterocycles. The summed E-state index contributed by atoms with van der Waals surface area (Å²) in [5.74, 6) is 1.77. The van der Waals surface area contributed by atoms with Gasteiger partial charge in [-0.3, -0.25) is 4.79 Å². The first-order chi connectivity index (χ1) is 12.3. The molecular weight excluding hydrogens is 356 g/mol. The van der Waals surface area contributed by atoms with E-state index in [1.54, 1.807) is 14.2 Å². The van der Waals surface area contributed by atoms with Crippen LogP contribution in [0.25, 0.3) is 0 Å². The molecule has 1 N–H and O–H groups in total. The third-order valence-corrected chi connectivity index (χ3v) is 6.46. The Labute approximate surface area is 155 Å². The molecule has 1 amide bonds. The number of ether oxygens (including phenoxy) is 2. The van der Waals surface area contributed by atoms with Crippen LogP contribution in [0.5, 0.6) is 11.5 Å². The third kappa shape index (κ3) is 5.88. The summed E-state index contributed by atoms with van der Waals surface area (Å²) in [6.45, 7) is 1.10. The Bertz CT molecular complexity index is 720. The standard InChI is InChI=1S/C18H28N2O5S/c1-20(15-8-11-26(22,23)13-15)10-7-18(21)19-9-6-14-4-5-16(24-2)17(12-14)25-3/h4-5,12,15H,6-11,13H2,1-3H3,(H,19,21). The number of nitrogens with one attached hydrogen (secondary N) is 1. The van der Waals surface area contributed by atoms with Crippen LogP contribution in [0.3, 0.4) is 0 Å². The van der Waals surface area contributed by atoms with Gasteiger partial charge in [0.1, 0.15) is 0 Å². The summed E-state index contributed by atoms with van der Waals surface area (Å²) >= 11 is 0. The first kappa shape index (κ1) is 20.5. The van der Waals surface area contributed by atoms with Crippen molar-refractivity contribution < 1.29 is 22.7 Å². The molecule has 1 aliphatic heterocycles. The third-order valence-electron chi connectivity index (χ3n) is 4.71. The lowest BCUT2D eigenvalue weighted by Gasteiger charge is -2.22. The Morgan fingerprint density at radius 2 is 2.00 bits per heavy atom. The van der Waals surface area contributed by atoms with E-state index in [0.717, 1.165) is 5.56 Å². The lowest BCUT2D eigenvalue weighted by molar-refractivity contribution is -0.121. The number of sulfone groups is 1. The largest absolute Gasteiger partial charge is 0.493 e.